The van der Waals surface area contributed by atoms with E-state index in [-0.39, 0.29) is 28.0 Å². The Morgan fingerprint density at radius 2 is 2.04 bits per heavy atom. The van der Waals surface area contributed by atoms with Gasteiger partial charge >= 0.3 is 0 Å². The van der Waals surface area contributed by atoms with Crippen LogP contribution in [0, 0.1) is 0 Å². The van der Waals surface area contributed by atoms with Crippen LogP contribution >= 0.6 is 0 Å². The van der Waals surface area contributed by atoms with E-state index in [1.807, 2.05) is 0 Å². The molecule has 3 rings (SSSR count). The first kappa shape index (κ1) is 17.8. The van der Waals surface area contributed by atoms with E-state index in [1.54, 1.807) is 7.11 Å². The van der Waals surface area contributed by atoms with Crippen LogP contribution in [-0.4, -0.2) is 63.9 Å². The molecular formula is C16H21N3O5S. The lowest BCUT2D eigenvalue weighted by molar-refractivity contribution is 0.0863. The zero-order valence-electron chi connectivity index (χ0n) is 13.9. The number of ether oxygens (including phenoxy) is 1. The summed E-state index contributed by atoms with van der Waals surface area (Å²) in [5.41, 5.74) is 0.370. The average Bonchev–Trinajstić information content (AvgIpc) is 3.38. The average molecular weight is 367 g/mol. The van der Waals surface area contributed by atoms with Gasteiger partial charge in [0.2, 0.25) is 0 Å². The highest BCUT2D eigenvalue weighted by Crippen LogP contribution is 2.39. The number of nitrogens with one attached hydrogen (secondary N) is 2. The lowest BCUT2D eigenvalue weighted by Crippen LogP contribution is -2.33. The number of methoxy groups -OCH3 is 1. The summed E-state index contributed by atoms with van der Waals surface area (Å²) in [6.45, 7) is 2.25. The van der Waals surface area contributed by atoms with Gasteiger partial charge in [0.05, 0.1) is 12.2 Å². The minimum Gasteiger partial charge on any atom is -0.383 e. The van der Waals surface area contributed by atoms with E-state index in [9.17, 15) is 18.0 Å². The van der Waals surface area contributed by atoms with Crippen molar-refractivity contribution in [3.63, 3.8) is 0 Å². The second-order valence-corrected chi connectivity index (χ2v) is 7.83. The lowest BCUT2D eigenvalue weighted by Gasteiger charge is -2.13. The van der Waals surface area contributed by atoms with Gasteiger partial charge in [-0.05, 0) is 31.0 Å². The Kier molecular flexibility index (Phi) is 5.07. The maximum atomic E-state index is 12.6. The largest absolute Gasteiger partial charge is 0.383 e. The van der Waals surface area contributed by atoms with Gasteiger partial charge < -0.3 is 15.4 Å². The molecule has 1 aliphatic heterocycles. The molecule has 1 fully saturated rings. The predicted molar refractivity (Wildman–Crippen MR) is 89.9 cm³/mol. The molecule has 8 nitrogen and oxygen atoms in total. The van der Waals surface area contributed by atoms with E-state index < -0.39 is 15.9 Å². The third-order valence-corrected chi connectivity index (χ3v) is 6.04. The highest BCUT2D eigenvalue weighted by Gasteiger charge is 2.48. The Labute approximate surface area is 146 Å². The molecule has 1 aromatic rings. The van der Waals surface area contributed by atoms with E-state index in [0.717, 1.165) is 4.31 Å². The fourth-order valence-electron chi connectivity index (χ4n) is 2.72. The summed E-state index contributed by atoms with van der Waals surface area (Å²) >= 11 is 0. The zero-order chi connectivity index (χ0) is 18.0. The quantitative estimate of drug-likeness (QED) is 0.625. The number of hydrogen-bond donors (Lipinski definition) is 2. The molecule has 2 N–H and O–H groups in total. The molecule has 0 saturated heterocycles. The molecule has 1 aromatic carbocycles. The summed E-state index contributed by atoms with van der Waals surface area (Å²) in [6.07, 6.45) is 1.39. The summed E-state index contributed by atoms with van der Waals surface area (Å²) in [5, 5.41) is 5.81. The number of nitrogens with zero attached hydrogens (tertiary/aromatic N) is 1. The molecule has 0 aromatic heterocycles. The molecule has 2 aliphatic rings. The zero-order valence-corrected chi connectivity index (χ0v) is 14.8. The molecule has 1 saturated carbocycles. The summed E-state index contributed by atoms with van der Waals surface area (Å²) in [4.78, 5) is 24.4. The van der Waals surface area contributed by atoms with Gasteiger partial charge in [-0.25, -0.2) is 12.7 Å². The summed E-state index contributed by atoms with van der Waals surface area (Å²) in [7, 11) is -2.23. The first-order valence-corrected chi connectivity index (χ1v) is 9.61. The highest BCUT2D eigenvalue weighted by molar-refractivity contribution is 7.90. The SMILES string of the molecule is COCCNCCNC(=O)c1ccc2c(c1)S(=O)(=O)N(C1CC1)C2=O. The smallest absolute Gasteiger partial charge is 0.269 e. The molecule has 1 aliphatic carbocycles. The lowest BCUT2D eigenvalue weighted by atomic mass is 10.1. The number of fused-ring (bicyclic) bond motifs is 1. The Morgan fingerprint density at radius 3 is 2.72 bits per heavy atom. The van der Waals surface area contributed by atoms with Crippen LogP contribution in [0.3, 0.4) is 0 Å². The molecule has 1 heterocycles. The van der Waals surface area contributed by atoms with Crippen LogP contribution in [-0.2, 0) is 14.8 Å². The van der Waals surface area contributed by atoms with Crippen LogP contribution in [0.15, 0.2) is 23.1 Å². The van der Waals surface area contributed by atoms with Crippen LogP contribution in [0.25, 0.3) is 0 Å². The van der Waals surface area contributed by atoms with Gasteiger partial charge in [-0.2, -0.15) is 0 Å². The van der Waals surface area contributed by atoms with Gasteiger partial charge in [-0.1, -0.05) is 0 Å². The highest BCUT2D eigenvalue weighted by atomic mass is 32.2. The number of sulfonamides is 1. The van der Waals surface area contributed by atoms with Gasteiger partial charge in [-0.3, -0.25) is 9.59 Å². The summed E-state index contributed by atoms with van der Waals surface area (Å²) in [5.74, 6) is -0.865. The predicted octanol–water partition coefficient (Wildman–Crippen LogP) is -0.0407. The van der Waals surface area contributed by atoms with Gasteiger partial charge in [0.15, 0.2) is 0 Å². The van der Waals surface area contributed by atoms with Gasteiger partial charge in [-0.15, -0.1) is 0 Å². The molecule has 25 heavy (non-hydrogen) atoms. The molecule has 2 amide bonds. The fourth-order valence-corrected chi connectivity index (χ4v) is 4.57. The Hall–Kier alpha value is -1.97. The number of amides is 2. The Bertz CT molecular complexity index is 789. The maximum absolute atomic E-state index is 12.6. The molecule has 136 valence electrons. The molecule has 0 bridgehead atoms. The van der Waals surface area contributed by atoms with E-state index in [2.05, 4.69) is 10.6 Å². The first-order chi connectivity index (χ1) is 12.0. The van der Waals surface area contributed by atoms with Crippen LogP contribution in [0.5, 0.6) is 0 Å². The number of carbonyl (C=O) groups is 2. The van der Waals surface area contributed by atoms with Crippen molar-refractivity contribution in [3.8, 4) is 0 Å². The number of benzene rings is 1. The third-order valence-electron chi connectivity index (χ3n) is 4.16. The Balaban J connectivity index is 1.67. The molecule has 0 atom stereocenters. The van der Waals surface area contributed by atoms with Crippen LogP contribution in [0.1, 0.15) is 33.6 Å². The number of carbonyl (C=O) groups excluding carboxylic acids is 2. The van der Waals surface area contributed by atoms with E-state index in [4.69, 9.17) is 4.74 Å². The molecule has 9 heteroatoms. The van der Waals surface area contributed by atoms with Gasteiger partial charge in [0.25, 0.3) is 21.8 Å². The minimum atomic E-state index is -3.85. The normalized spacial score (nSPS) is 18.3. The monoisotopic (exact) mass is 367 g/mol. The maximum Gasteiger partial charge on any atom is 0.269 e. The summed E-state index contributed by atoms with van der Waals surface area (Å²) in [6, 6.07) is 3.96. The van der Waals surface area contributed by atoms with Gasteiger partial charge in [0, 0.05) is 38.3 Å². The van der Waals surface area contributed by atoms with E-state index >= 15 is 0 Å². The van der Waals surface area contributed by atoms with Crippen molar-refractivity contribution in [1.29, 1.82) is 0 Å². The van der Waals surface area contributed by atoms with E-state index in [0.29, 0.717) is 39.1 Å². The van der Waals surface area contributed by atoms with Crippen LogP contribution in [0.4, 0.5) is 0 Å². The van der Waals surface area contributed by atoms with Crippen molar-refractivity contribution in [3.05, 3.63) is 29.3 Å². The Morgan fingerprint density at radius 1 is 1.28 bits per heavy atom. The minimum absolute atomic E-state index is 0.0738. The van der Waals surface area contributed by atoms with Gasteiger partial charge in [0.1, 0.15) is 4.90 Å². The van der Waals surface area contributed by atoms with Crippen molar-refractivity contribution < 1.29 is 22.7 Å². The molecular weight excluding hydrogens is 346 g/mol. The standard InChI is InChI=1S/C16H21N3O5S/c1-24-9-8-17-6-7-18-15(20)11-2-5-13-14(10-11)25(22,23)19(16(13)21)12-3-4-12/h2,5,10,12,17H,3-4,6-9H2,1H3,(H,18,20). The molecule has 0 spiro atoms. The van der Waals surface area contributed by atoms with Crippen molar-refractivity contribution >= 4 is 21.8 Å². The van der Waals surface area contributed by atoms with Crippen molar-refractivity contribution in [1.82, 2.24) is 14.9 Å². The molecule has 0 radical (unpaired) electrons. The van der Waals surface area contributed by atoms with Crippen LogP contribution < -0.4 is 10.6 Å². The van der Waals surface area contributed by atoms with Crippen molar-refractivity contribution in [2.45, 2.75) is 23.8 Å². The van der Waals surface area contributed by atoms with Crippen LogP contribution in [0.2, 0.25) is 0 Å². The third kappa shape index (κ3) is 3.53. The summed E-state index contributed by atoms with van der Waals surface area (Å²) < 4.78 is 31.0. The second kappa shape index (κ2) is 7.11. The fraction of sp³-hybridized carbons (Fsp3) is 0.500. The second-order valence-electron chi connectivity index (χ2n) is 6.05. The first-order valence-electron chi connectivity index (χ1n) is 8.17. The number of hydrogen-bond acceptors (Lipinski definition) is 6. The topological polar surface area (TPSA) is 105 Å². The van der Waals surface area contributed by atoms with E-state index in [1.165, 1.54) is 18.2 Å². The number of rotatable bonds is 8. The molecule has 0 unspecified atom stereocenters. The van der Waals surface area contributed by atoms with Crippen molar-refractivity contribution in [2.24, 2.45) is 0 Å². The van der Waals surface area contributed by atoms with Crippen molar-refractivity contribution in [2.75, 3.05) is 33.4 Å².